The minimum Gasteiger partial charge on any atom is -0.355 e. The van der Waals surface area contributed by atoms with E-state index in [1.54, 1.807) is 18.5 Å². The molecule has 0 aliphatic carbocycles. The molecule has 0 unspecified atom stereocenters. The van der Waals surface area contributed by atoms with E-state index < -0.39 is 0 Å². The molecule has 0 bridgehead atoms. The van der Waals surface area contributed by atoms with Crippen LogP contribution < -0.4 is 10.6 Å². The maximum atomic E-state index is 12.7. The van der Waals surface area contributed by atoms with Crippen LogP contribution in [0, 0.1) is 13.8 Å². The summed E-state index contributed by atoms with van der Waals surface area (Å²) in [7, 11) is 0. The smallest absolute Gasteiger partial charge is 0.274 e. The minimum absolute atomic E-state index is 0.276. The standard InChI is InChI=1S/C23H20N4O/c1-15-8-9-18(13-16(15)2)26-19-10-12-24-21(14-19)23(28)27-20-7-3-5-17-6-4-11-25-22(17)20/h3-14H,1-2H3,(H,24,26)(H,27,28). The molecule has 28 heavy (non-hydrogen) atoms. The average Bonchev–Trinajstić information content (AvgIpc) is 2.71. The Morgan fingerprint density at radius 2 is 1.64 bits per heavy atom. The van der Waals surface area contributed by atoms with Crippen LogP contribution in [0.25, 0.3) is 10.9 Å². The number of pyridine rings is 2. The van der Waals surface area contributed by atoms with Crippen LogP contribution in [-0.4, -0.2) is 15.9 Å². The molecule has 0 fully saturated rings. The molecule has 5 nitrogen and oxygen atoms in total. The van der Waals surface area contributed by atoms with E-state index in [0.29, 0.717) is 11.4 Å². The Balaban J connectivity index is 1.56. The summed E-state index contributed by atoms with van der Waals surface area (Å²) in [6, 6.07) is 19.3. The summed E-state index contributed by atoms with van der Waals surface area (Å²) in [4.78, 5) is 21.3. The average molecular weight is 368 g/mol. The van der Waals surface area contributed by atoms with E-state index in [1.165, 1.54) is 11.1 Å². The Labute approximate surface area is 163 Å². The SMILES string of the molecule is Cc1ccc(Nc2ccnc(C(=O)Nc3cccc4cccnc34)c2)cc1C. The number of nitrogens with zero attached hydrogens (tertiary/aromatic N) is 2. The number of fused-ring (bicyclic) bond motifs is 1. The van der Waals surface area contributed by atoms with E-state index >= 15 is 0 Å². The highest BCUT2D eigenvalue weighted by Gasteiger charge is 2.11. The van der Waals surface area contributed by atoms with Gasteiger partial charge in [-0.05, 0) is 61.4 Å². The molecule has 2 aromatic heterocycles. The summed E-state index contributed by atoms with van der Waals surface area (Å²) in [6.45, 7) is 4.15. The van der Waals surface area contributed by atoms with Gasteiger partial charge in [0, 0.05) is 29.2 Å². The van der Waals surface area contributed by atoms with E-state index in [1.807, 2.05) is 42.5 Å². The molecule has 2 heterocycles. The van der Waals surface area contributed by atoms with Crippen LogP contribution in [-0.2, 0) is 0 Å². The third-order valence-corrected chi connectivity index (χ3v) is 4.67. The van der Waals surface area contributed by atoms with Gasteiger partial charge >= 0.3 is 0 Å². The van der Waals surface area contributed by atoms with Gasteiger partial charge in [-0.1, -0.05) is 24.3 Å². The zero-order valence-corrected chi connectivity index (χ0v) is 15.7. The van der Waals surface area contributed by atoms with Crippen molar-refractivity contribution in [2.75, 3.05) is 10.6 Å². The molecule has 0 saturated carbocycles. The second-order valence-corrected chi connectivity index (χ2v) is 6.69. The topological polar surface area (TPSA) is 66.9 Å². The number of hydrogen-bond donors (Lipinski definition) is 2. The molecule has 2 N–H and O–H groups in total. The second-order valence-electron chi connectivity index (χ2n) is 6.69. The molecule has 2 aromatic carbocycles. The van der Waals surface area contributed by atoms with E-state index in [4.69, 9.17) is 0 Å². The fraction of sp³-hybridized carbons (Fsp3) is 0.0870. The van der Waals surface area contributed by atoms with Crippen molar-refractivity contribution in [3.05, 3.63) is 89.9 Å². The zero-order valence-electron chi connectivity index (χ0n) is 15.7. The van der Waals surface area contributed by atoms with Crippen molar-refractivity contribution in [2.45, 2.75) is 13.8 Å². The third-order valence-electron chi connectivity index (χ3n) is 4.67. The maximum Gasteiger partial charge on any atom is 0.274 e. The number of anilines is 3. The highest BCUT2D eigenvalue weighted by atomic mass is 16.1. The van der Waals surface area contributed by atoms with Gasteiger partial charge in [0.15, 0.2) is 0 Å². The Morgan fingerprint density at radius 1 is 0.821 bits per heavy atom. The molecule has 0 spiro atoms. The number of amides is 1. The van der Waals surface area contributed by atoms with E-state index in [0.717, 1.165) is 22.3 Å². The van der Waals surface area contributed by atoms with Gasteiger partial charge in [0.25, 0.3) is 5.91 Å². The van der Waals surface area contributed by atoms with Crippen LogP contribution in [0.15, 0.2) is 73.1 Å². The molecular formula is C23H20N4O. The van der Waals surface area contributed by atoms with Crippen molar-refractivity contribution in [2.24, 2.45) is 0 Å². The molecule has 0 aliphatic rings. The maximum absolute atomic E-state index is 12.7. The zero-order chi connectivity index (χ0) is 19.5. The number of aryl methyl sites for hydroxylation is 2. The van der Waals surface area contributed by atoms with Crippen molar-refractivity contribution >= 4 is 33.9 Å². The lowest BCUT2D eigenvalue weighted by molar-refractivity contribution is 0.102. The van der Waals surface area contributed by atoms with Gasteiger partial charge in [0.05, 0.1) is 11.2 Å². The summed E-state index contributed by atoms with van der Waals surface area (Å²) < 4.78 is 0. The first-order valence-corrected chi connectivity index (χ1v) is 9.05. The molecule has 0 aliphatic heterocycles. The quantitative estimate of drug-likeness (QED) is 0.517. The molecule has 1 amide bonds. The van der Waals surface area contributed by atoms with Gasteiger partial charge in [-0.3, -0.25) is 14.8 Å². The summed E-state index contributed by atoms with van der Waals surface area (Å²) >= 11 is 0. The number of aromatic nitrogens is 2. The number of nitrogens with one attached hydrogen (secondary N) is 2. The normalized spacial score (nSPS) is 10.6. The van der Waals surface area contributed by atoms with Crippen LogP contribution in [0.4, 0.5) is 17.1 Å². The predicted molar refractivity (Wildman–Crippen MR) is 113 cm³/mol. The van der Waals surface area contributed by atoms with Gasteiger partial charge in [0.2, 0.25) is 0 Å². The molecule has 5 heteroatoms. The molecule has 0 radical (unpaired) electrons. The van der Waals surface area contributed by atoms with Crippen molar-refractivity contribution in [1.29, 1.82) is 0 Å². The Morgan fingerprint density at radius 3 is 2.50 bits per heavy atom. The number of para-hydroxylation sites is 1. The van der Waals surface area contributed by atoms with E-state index in [2.05, 4.69) is 46.6 Å². The highest BCUT2D eigenvalue weighted by Crippen LogP contribution is 2.23. The first-order valence-electron chi connectivity index (χ1n) is 9.05. The van der Waals surface area contributed by atoms with E-state index in [-0.39, 0.29) is 5.91 Å². The number of carbonyl (C=O) groups excluding carboxylic acids is 1. The minimum atomic E-state index is -0.276. The van der Waals surface area contributed by atoms with Crippen LogP contribution in [0.3, 0.4) is 0 Å². The molecule has 4 aromatic rings. The predicted octanol–water partition coefficient (Wildman–Crippen LogP) is 5.24. The highest BCUT2D eigenvalue weighted by molar-refractivity contribution is 6.07. The van der Waals surface area contributed by atoms with Gasteiger partial charge in [-0.25, -0.2) is 0 Å². The lowest BCUT2D eigenvalue weighted by Gasteiger charge is -2.11. The molecule has 0 saturated heterocycles. The number of benzene rings is 2. The number of carbonyl (C=O) groups is 1. The summed E-state index contributed by atoms with van der Waals surface area (Å²) in [5, 5.41) is 7.22. The molecular weight excluding hydrogens is 348 g/mol. The van der Waals surface area contributed by atoms with Crippen molar-refractivity contribution < 1.29 is 4.79 Å². The van der Waals surface area contributed by atoms with Crippen molar-refractivity contribution in [1.82, 2.24) is 9.97 Å². The van der Waals surface area contributed by atoms with Gasteiger partial charge < -0.3 is 10.6 Å². The molecule has 138 valence electrons. The van der Waals surface area contributed by atoms with E-state index in [9.17, 15) is 4.79 Å². The lowest BCUT2D eigenvalue weighted by atomic mass is 10.1. The number of rotatable bonds is 4. The summed E-state index contributed by atoms with van der Waals surface area (Å²) in [5.41, 5.74) is 5.98. The van der Waals surface area contributed by atoms with Crippen LogP contribution in [0.5, 0.6) is 0 Å². The monoisotopic (exact) mass is 368 g/mol. The largest absolute Gasteiger partial charge is 0.355 e. The van der Waals surface area contributed by atoms with Crippen molar-refractivity contribution in [3.8, 4) is 0 Å². The second kappa shape index (κ2) is 7.48. The first-order chi connectivity index (χ1) is 13.6. The van der Waals surface area contributed by atoms with Crippen LogP contribution in [0.2, 0.25) is 0 Å². The van der Waals surface area contributed by atoms with Gasteiger partial charge in [-0.2, -0.15) is 0 Å². The lowest BCUT2D eigenvalue weighted by Crippen LogP contribution is -2.14. The summed E-state index contributed by atoms with van der Waals surface area (Å²) in [6.07, 6.45) is 3.34. The fourth-order valence-electron chi connectivity index (χ4n) is 3.01. The Hall–Kier alpha value is -3.73. The van der Waals surface area contributed by atoms with Gasteiger partial charge in [0.1, 0.15) is 5.69 Å². The van der Waals surface area contributed by atoms with Crippen LogP contribution in [0.1, 0.15) is 21.6 Å². The van der Waals surface area contributed by atoms with Crippen molar-refractivity contribution in [3.63, 3.8) is 0 Å². The summed E-state index contributed by atoms with van der Waals surface area (Å²) in [5.74, 6) is -0.276. The Bertz CT molecular complexity index is 1160. The first kappa shape index (κ1) is 17.7. The number of hydrogen-bond acceptors (Lipinski definition) is 4. The third kappa shape index (κ3) is 3.69. The Kier molecular flexibility index (Phi) is 4.72. The molecule has 0 atom stereocenters. The molecule has 4 rings (SSSR count). The fourth-order valence-corrected chi connectivity index (χ4v) is 3.01. The van der Waals surface area contributed by atoms with Crippen LogP contribution >= 0.6 is 0 Å². The van der Waals surface area contributed by atoms with Gasteiger partial charge in [-0.15, -0.1) is 0 Å².